The Morgan fingerprint density at radius 1 is 0.950 bits per heavy atom. The third-order valence-corrected chi connectivity index (χ3v) is 6.37. The molecule has 0 amide bonds. The van der Waals surface area contributed by atoms with Crippen molar-refractivity contribution < 1.29 is 0 Å². The summed E-state index contributed by atoms with van der Waals surface area (Å²) in [4.78, 5) is 0. The summed E-state index contributed by atoms with van der Waals surface area (Å²) in [6, 6.07) is 2.69. The van der Waals surface area contributed by atoms with Gasteiger partial charge in [0.05, 0.1) is 11.5 Å². The van der Waals surface area contributed by atoms with E-state index < -0.39 is 0 Å². The minimum atomic E-state index is 0.0487. The van der Waals surface area contributed by atoms with Gasteiger partial charge >= 0.3 is 0 Å². The molecule has 0 aliphatic heterocycles. The van der Waals surface area contributed by atoms with Crippen LogP contribution >= 0.6 is 0 Å². The summed E-state index contributed by atoms with van der Waals surface area (Å²) in [5.74, 6) is 2.94. The Bertz CT molecular complexity index is 311. The first-order valence-electron chi connectivity index (χ1n) is 9.14. The topological polar surface area (TPSA) is 23.8 Å². The second-order valence-electron chi connectivity index (χ2n) is 7.52. The van der Waals surface area contributed by atoms with Gasteiger partial charge in [-0.2, -0.15) is 5.26 Å². The summed E-state index contributed by atoms with van der Waals surface area (Å²) in [7, 11) is 0. The van der Waals surface area contributed by atoms with Crippen LogP contribution in [0.25, 0.3) is 0 Å². The molecule has 0 aromatic rings. The van der Waals surface area contributed by atoms with Gasteiger partial charge in [-0.05, 0) is 62.7 Å². The highest BCUT2D eigenvalue weighted by Crippen LogP contribution is 2.47. The van der Waals surface area contributed by atoms with Gasteiger partial charge in [-0.25, -0.2) is 0 Å². The third kappa shape index (κ3) is 3.78. The Kier molecular flexibility index (Phi) is 5.94. The molecule has 0 aromatic heterocycles. The van der Waals surface area contributed by atoms with Gasteiger partial charge in [0.25, 0.3) is 0 Å². The van der Waals surface area contributed by atoms with E-state index in [0.29, 0.717) is 0 Å². The molecule has 0 atom stereocenters. The lowest BCUT2D eigenvalue weighted by molar-refractivity contribution is 0.116. The highest BCUT2D eigenvalue weighted by Gasteiger charge is 2.38. The van der Waals surface area contributed by atoms with Crippen LogP contribution in [0.5, 0.6) is 0 Å². The number of hydrogen-bond donors (Lipinski definition) is 0. The Morgan fingerprint density at radius 3 is 2.05 bits per heavy atom. The van der Waals surface area contributed by atoms with E-state index in [0.717, 1.165) is 24.2 Å². The van der Waals surface area contributed by atoms with E-state index in [1.165, 1.54) is 70.6 Å². The summed E-state index contributed by atoms with van der Waals surface area (Å²) in [6.07, 6.45) is 15.9. The Labute approximate surface area is 126 Å². The lowest BCUT2D eigenvalue weighted by atomic mass is 9.63. The fraction of sp³-hybridized carbons (Fsp3) is 0.947. The smallest absolute Gasteiger partial charge is 0.0689 e. The van der Waals surface area contributed by atoms with E-state index in [1.54, 1.807) is 0 Å². The third-order valence-electron chi connectivity index (χ3n) is 6.37. The second-order valence-corrected chi connectivity index (χ2v) is 7.52. The van der Waals surface area contributed by atoms with Crippen molar-refractivity contribution in [3.63, 3.8) is 0 Å². The molecule has 0 bridgehead atoms. The number of nitrogens with zero attached hydrogens (tertiary/aromatic N) is 1. The zero-order valence-corrected chi connectivity index (χ0v) is 13.7. The van der Waals surface area contributed by atoms with Crippen molar-refractivity contribution in [2.24, 2.45) is 23.2 Å². The Hall–Kier alpha value is -0.510. The summed E-state index contributed by atoms with van der Waals surface area (Å²) in [5.41, 5.74) is 0.0487. The lowest BCUT2D eigenvalue weighted by Crippen LogP contribution is -2.31. The van der Waals surface area contributed by atoms with Crippen molar-refractivity contribution in [3.05, 3.63) is 0 Å². The SMILES string of the molecule is CCCC[C@]1(C#N)CC[C@@H](C2CCC(CC)CC2)CC1. The van der Waals surface area contributed by atoms with Crippen molar-refractivity contribution in [2.45, 2.75) is 90.9 Å². The van der Waals surface area contributed by atoms with Crippen LogP contribution in [0.4, 0.5) is 0 Å². The Balaban J connectivity index is 1.80. The quantitative estimate of drug-likeness (QED) is 0.595. The van der Waals surface area contributed by atoms with Gasteiger partial charge in [0.1, 0.15) is 0 Å². The van der Waals surface area contributed by atoms with Gasteiger partial charge in [-0.3, -0.25) is 0 Å². The largest absolute Gasteiger partial charge is 0.198 e. The van der Waals surface area contributed by atoms with Crippen LogP contribution in [0.15, 0.2) is 0 Å². The van der Waals surface area contributed by atoms with Gasteiger partial charge in [-0.15, -0.1) is 0 Å². The number of hydrogen-bond acceptors (Lipinski definition) is 1. The molecule has 20 heavy (non-hydrogen) atoms. The highest BCUT2D eigenvalue weighted by atomic mass is 14.4. The van der Waals surface area contributed by atoms with E-state index >= 15 is 0 Å². The molecule has 2 aliphatic carbocycles. The summed E-state index contributed by atoms with van der Waals surface area (Å²) in [5, 5.41) is 9.58. The van der Waals surface area contributed by atoms with Crippen molar-refractivity contribution in [1.29, 1.82) is 5.26 Å². The second kappa shape index (κ2) is 7.48. The molecule has 0 aromatic carbocycles. The summed E-state index contributed by atoms with van der Waals surface area (Å²) in [6.45, 7) is 4.59. The van der Waals surface area contributed by atoms with Crippen LogP contribution in [0, 0.1) is 34.5 Å². The molecule has 0 radical (unpaired) electrons. The molecule has 114 valence electrons. The van der Waals surface area contributed by atoms with Crippen LogP contribution in [0.3, 0.4) is 0 Å². The fourth-order valence-corrected chi connectivity index (χ4v) is 4.66. The summed E-state index contributed by atoms with van der Waals surface area (Å²) < 4.78 is 0. The Morgan fingerprint density at radius 2 is 1.55 bits per heavy atom. The molecule has 0 unspecified atom stereocenters. The first-order valence-corrected chi connectivity index (χ1v) is 9.14. The first kappa shape index (κ1) is 15.9. The molecule has 2 aliphatic rings. The maximum atomic E-state index is 9.58. The van der Waals surface area contributed by atoms with E-state index in [9.17, 15) is 5.26 Å². The van der Waals surface area contributed by atoms with Gasteiger partial charge in [0.2, 0.25) is 0 Å². The van der Waals surface area contributed by atoms with Crippen molar-refractivity contribution in [1.82, 2.24) is 0 Å². The number of unbranched alkanes of at least 4 members (excludes halogenated alkanes) is 1. The van der Waals surface area contributed by atoms with E-state index in [4.69, 9.17) is 0 Å². The van der Waals surface area contributed by atoms with E-state index in [1.807, 2.05) is 0 Å². The maximum Gasteiger partial charge on any atom is 0.0689 e. The van der Waals surface area contributed by atoms with Crippen LogP contribution in [0.2, 0.25) is 0 Å². The minimum Gasteiger partial charge on any atom is -0.198 e. The predicted molar refractivity (Wildman–Crippen MR) is 85.3 cm³/mol. The molecule has 0 spiro atoms. The monoisotopic (exact) mass is 275 g/mol. The molecule has 0 N–H and O–H groups in total. The highest BCUT2D eigenvalue weighted by molar-refractivity contribution is 5.02. The van der Waals surface area contributed by atoms with E-state index in [2.05, 4.69) is 19.9 Å². The van der Waals surface area contributed by atoms with Gasteiger partial charge in [0, 0.05) is 0 Å². The fourth-order valence-electron chi connectivity index (χ4n) is 4.66. The average Bonchev–Trinajstić information content (AvgIpc) is 2.53. The maximum absolute atomic E-state index is 9.58. The standard InChI is InChI=1S/C19H33N/c1-3-5-12-19(15-20)13-10-18(11-14-19)17-8-6-16(4-2)7-9-17/h16-18H,3-14H2,1-2H3/t16?,17?,18-,19+. The lowest BCUT2D eigenvalue weighted by Gasteiger charge is -2.40. The number of nitriles is 1. The van der Waals surface area contributed by atoms with Gasteiger partial charge in [0.15, 0.2) is 0 Å². The van der Waals surface area contributed by atoms with Crippen molar-refractivity contribution in [3.8, 4) is 6.07 Å². The predicted octanol–water partition coefficient (Wildman–Crippen LogP) is 6.09. The van der Waals surface area contributed by atoms with Crippen LogP contribution in [-0.4, -0.2) is 0 Å². The van der Waals surface area contributed by atoms with E-state index in [-0.39, 0.29) is 5.41 Å². The molecule has 1 heteroatoms. The van der Waals surface area contributed by atoms with Crippen LogP contribution in [-0.2, 0) is 0 Å². The zero-order chi connectivity index (χ0) is 14.4. The molecular weight excluding hydrogens is 242 g/mol. The average molecular weight is 275 g/mol. The zero-order valence-electron chi connectivity index (χ0n) is 13.7. The molecular formula is C19H33N. The molecule has 0 saturated heterocycles. The normalized spacial score (nSPS) is 38.4. The van der Waals surface area contributed by atoms with Gasteiger partial charge < -0.3 is 0 Å². The summed E-state index contributed by atoms with van der Waals surface area (Å²) >= 11 is 0. The van der Waals surface area contributed by atoms with Gasteiger partial charge in [-0.1, -0.05) is 46.0 Å². The number of rotatable bonds is 5. The minimum absolute atomic E-state index is 0.0487. The molecule has 0 heterocycles. The van der Waals surface area contributed by atoms with Crippen LogP contribution in [0.1, 0.15) is 90.9 Å². The van der Waals surface area contributed by atoms with Crippen molar-refractivity contribution >= 4 is 0 Å². The van der Waals surface area contributed by atoms with Crippen LogP contribution < -0.4 is 0 Å². The first-order chi connectivity index (χ1) is 9.73. The molecule has 2 rings (SSSR count). The molecule has 2 saturated carbocycles. The van der Waals surface area contributed by atoms with Crippen molar-refractivity contribution in [2.75, 3.05) is 0 Å². The molecule has 2 fully saturated rings. The molecule has 1 nitrogen and oxygen atoms in total.